The largest absolute Gasteiger partial charge is 0.493 e. The van der Waals surface area contributed by atoms with E-state index >= 15 is 0 Å². The zero-order valence-corrected chi connectivity index (χ0v) is 20.6. The fraction of sp³-hybridized carbons (Fsp3) is 0.179. The van der Waals surface area contributed by atoms with Crippen molar-refractivity contribution in [2.45, 2.75) is 20.4 Å². The van der Waals surface area contributed by atoms with Crippen LogP contribution < -0.4 is 20.5 Å². The van der Waals surface area contributed by atoms with Gasteiger partial charge in [-0.05, 0) is 66.9 Å². The summed E-state index contributed by atoms with van der Waals surface area (Å²) in [5.41, 5.74) is 13.2. The predicted octanol–water partition coefficient (Wildman–Crippen LogP) is 5.10. The fourth-order valence-electron chi connectivity index (χ4n) is 4.28. The van der Waals surface area contributed by atoms with Crippen molar-refractivity contribution in [1.82, 2.24) is 14.5 Å². The lowest BCUT2D eigenvalue weighted by atomic mass is 10.1. The first kappa shape index (κ1) is 23.2. The van der Waals surface area contributed by atoms with Gasteiger partial charge in [0.15, 0.2) is 17.1 Å². The van der Waals surface area contributed by atoms with Crippen molar-refractivity contribution in [3.05, 3.63) is 82.9 Å². The number of aromatic nitrogens is 3. The number of fused-ring (bicyclic) bond motifs is 2. The lowest BCUT2D eigenvalue weighted by molar-refractivity contribution is 0.102. The summed E-state index contributed by atoms with van der Waals surface area (Å²) in [5.74, 6) is 1.19. The first-order chi connectivity index (χ1) is 17.4. The summed E-state index contributed by atoms with van der Waals surface area (Å²) in [6.07, 6.45) is 0. The number of aryl methyl sites for hydroxylation is 2. The number of para-hydroxylation sites is 2. The van der Waals surface area contributed by atoms with Crippen LogP contribution in [-0.2, 0) is 6.54 Å². The van der Waals surface area contributed by atoms with Gasteiger partial charge in [0.05, 0.1) is 31.8 Å². The van der Waals surface area contributed by atoms with Gasteiger partial charge in [0.2, 0.25) is 0 Å². The number of hydrogen-bond acceptors (Lipinski definition) is 6. The van der Waals surface area contributed by atoms with E-state index in [2.05, 4.69) is 5.32 Å². The summed E-state index contributed by atoms with van der Waals surface area (Å²) >= 11 is 0. The highest BCUT2D eigenvalue weighted by atomic mass is 16.5. The molecule has 36 heavy (non-hydrogen) atoms. The molecule has 0 bridgehead atoms. The number of hydrogen-bond donors (Lipinski definition) is 2. The molecule has 1 amide bonds. The van der Waals surface area contributed by atoms with E-state index in [1.165, 1.54) is 0 Å². The second-order valence-electron chi connectivity index (χ2n) is 8.67. The number of nitrogen functional groups attached to an aromatic ring is 1. The third-order valence-electron chi connectivity index (χ3n) is 6.37. The lowest BCUT2D eigenvalue weighted by Crippen LogP contribution is -2.15. The van der Waals surface area contributed by atoms with Gasteiger partial charge in [-0.25, -0.2) is 9.97 Å². The Labute approximate surface area is 208 Å². The lowest BCUT2D eigenvalue weighted by Gasteiger charge is -2.12. The van der Waals surface area contributed by atoms with E-state index in [0.29, 0.717) is 46.0 Å². The number of benzene rings is 3. The number of anilines is 2. The predicted molar refractivity (Wildman–Crippen MR) is 142 cm³/mol. The average molecular weight is 482 g/mol. The molecule has 8 heteroatoms. The Morgan fingerprint density at radius 1 is 0.917 bits per heavy atom. The normalized spacial score (nSPS) is 11.1. The van der Waals surface area contributed by atoms with Gasteiger partial charge in [-0.15, -0.1) is 0 Å². The van der Waals surface area contributed by atoms with Crippen LogP contribution in [-0.4, -0.2) is 34.7 Å². The molecule has 5 aromatic rings. The molecule has 3 aromatic carbocycles. The maximum absolute atomic E-state index is 13.5. The highest BCUT2D eigenvalue weighted by Crippen LogP contribution is 2.32. The van der Waals surface area contributed by atoms with Crippen LogP contribution >= 0.6 is 0 Å². The molecule has 0 unspecified atom stereocenters. The van der Waals surface area contributed by atoms with Gasteiger partial charge in [-0.3, -0.25) is 4.79 Å². The van der Waals surface area contributed by atoms with Crippen LogP contribution in [0, 0.1) is 13.8 Å². The van der Waals surface area contributed by atoms with Gasteiger partial charge in [0.25, 0.3) is 5.91 Å². The topological polar surface area (TPSA) is 104 Å². The van der Waals surface area contributed by atoms with E-state index in [4.69, 9.17) is 25.2 Å². The van der Waals surface area contributed by atoms with Crippen molar-refractivity contribution in [3.63, 3.8) is 0 Å². The van der Waals surface area contributed by atoms with Crippen LogP contribution in [0.25, 0.3) is 22.2 Å². The molecule has 2 heterocycles. The minimum absolute atomic E-state index is 0.288. The second-order valence-corrected chi connectivity index (χ2v) is 8.67. The number of amides is 1. The summed E-state index contributed by atoms with van der Waals surface area (Å²) in [6.45, 7) is 4.40. The molecular weight excluding hydrogens is 454 g/mol. The Morgan fingerprint density at radius 2 is 1.64 bits per heavy atom. The smallest absolute Gasteiger partial charge is 0.261 e. The molecule has 0 saturated carbocycles. The Balaban J connectivity index is 1.64. The van der Waals surface area contributed by atoms with Crippen LogP contribution in [0.3, 0.4) is 0 Å². The highest BCUT2D eigenvalue weighted by molar-refractivity contribution is 6.16. The average Bonchev–Trinajstić information content (AvgIpc) is 3.14. The molecule has 0 radical (unpaired) electrons. The standard InChI is InChI=1S/C28H27N5O3/c1-16-9-11-19(13-17(16)2)30-28(34)24-25-27(32-21-8-6-5-7-20(21)31-25)33(26(24)29)15-18-10-12-22(35-3)23(14-18)36-4/h5-14H,15,29H2,1-4H3,(H,30,34). The van der Waals surface area contributed by atoms with Crippen LogP contribution in [0.1, 0.15) is 27.0 Å². The zero-order valence-electron chi connectivity index (χ0n) is 20.6. The van der Waals surface area contributed by atoms with Crippen molar-refractivity contribution >= 4 is 39.6 Å². The highest BCUT2D eigenvalue weighted by Gasteiger charge is 2.24. The number of nitrogens with zero attached hydrogens (tertiary/aromatic N) is 3. The Hall–Kier alpha value is -4.59. The van der Waals surface area contributed by atoms with Gasteiger partial charge in [0.1, 0.15) is 16.9 Å². The number of rotatable bonds is 6. The summed E-state index contributed by atoms with van der Waals surface area (Å²) < 4.78 is 12.6. The summed E-state index contributed by atoms with van der Waals surface area (Å²) in [4.78, 5) is 23.1. The number of carbonyl (C=O) groups excluding carboxylic acids is 1. The first-order valence-corrected chi connectivity index (χ1v) is 11.5. The minimum atomic E-state index is -0.337. The molecule has 182 valence electrons. The molecule has 0 aliphatic carbocycles. The van der Waals surface area contributed by atoms with Gasteiger partial charge >= 0.3 is 0 Å². The quantitative estimate of drug-likeness (QED) is 0.350. The molecular formula is C28H27N5O3. The molecule has 8 nitrogen and oxygen atoms in total. The van der Waals surface area contributed by atoms with Gasteiger partial charge in [0, 0.05) is 5.69 Å². The Morgan fingerprint density at radius 3 is 2.33 bits per heavy atom. The van der Waals surface area contributed by atoms with E-state index in [-0.39, 0.29) is 11.7 Å². The second kappa shape index (κ2) is 9.22. The number of nitrogens with two attached hydrogens (primary N) is 1. The number of nitrogens with one attached hydrogen (secondary N) is 1. The van der Waals surface area contributed by atoms with Crippen molar-refractivity contribution in [2.75, 3.05) is 25.3 Å². The monoisotopic (exact) mass is 481 g/mol. The van der Waals surface area contributed by atoms with E-state index in [9.17, 15) is 4.79 Å². The van der Waals surface area contributed by atoms with Gasteiger partial charge < -0.3 is 25.1 Å². The first-order valence-electron chi connectivity index (χ1n) is 11.5. The summed E-state index contributed by atoms with van der Waals surface area (Å²) in [7, 11) is 3.18. The Kier molecular flexibility index (Phi) is 5.93. The fourth-order valence-corrected chi connectivity index (χ4v) is 4.28. The number of ether oxygens (including phenoxy) is 2. The summed E-state index contributed by atoms with van der Waals surface area (Å²) in [6, 6.07) is 19.0. The van der Waals surface area contributed by atoms with E-state index in [0.717, 1.165) is 22.2 Å². The molecule has 0 aliphatic heterocycles. The van der Waals surface area contributed by atoms with E-state index < -0.39 is 0 Å². The third kappa shape index (κ3) is 4.07. The van der Waals surface area contributed by atoms with Crippen molar-refractivity contribution in [2.24, 2.45) is 0 Å². The molecule has 2 aromatic heterocycles. The molecule has 0 aliphatic rings. The third-order valence-corrected chi connectivity index (χ3v) is 6.37. The molecule has 0 saturated heterocycles. The van der Waals surface area contributed by atoms with Crippen LogP contribution in [0.5, 0.6) is 11.5 Å². The minimum Gasteiger partial charge on any atom is -0.493 e. The van der Waals surface area contributed by atoms with Crippen molar-refractivity contribution < 1.29 is 14.3 Å². The van der Waals surface area contributed by atoms with Crippen molar-refractivity contribution in [3.8, 4) is 11.5 Å². The van der Waals surface area contributed by atoms with Gasteiger partial charge in [-0.2, -0.15) is 0 Å². The Bertz CT molecular complexity index is 1620. The van der Waals surface area contributed by atoms with E-state index in [1.54, 1.807) is 14.2 Å². The molecule has 0 spiro atoms. The van der Waals surface area contributed by atoms with Gasteiger partial charge in [-0.1, -0.05) is 24.3 Å². The van der Waals surface area contributed by atoms with Crippen LogP contribution in [0.4, 0.5) is 11.5 Å². The molecule has 0 atom stereocenters. The molecule has 3 N–H and O–H groups in total. The SMILES string of the molecule is COc1ccc(Cn2c(N)c(C(=O)Nc3ccc(C)c(C)c3)c3nc4ccccc4nc32)cc1OC. The molecule has 0 fully saturated rings. The van der Waals surface area contributed by atoms with E-state index in [1.807, 2.05) is 79.1 Å². The van der Waals surface area contributed by atoms with Crippen LogP contribution in [0.2, 0.25) is 0 Å². The molecule has 5 rings (SSSR count). The maximum Gasteiger partial charge on any atom is 0.261 e. The maximum atomic E-state index is 13.5. The zero-order chi connectivity index (χ0) is 25.4. The van der Waals surface area contributed by atoms with Crippen LogP contribution in [0.15, 0.2) is 60.7 Å². The number of carbonyl (C=O) groups is 1. The summed E-state index contributed by atoms with van der Waals surface area (Å²) in [5, 5.41) is 2.98. The van der Waals surface area contributed by atoms with Crippen molar-refractivity contribution in [1.29, 1.82) is 0 Å². The number of methoxy groups -OCH3 is 2.